The first-order chi connectivity index (χ1) is 20.0. The highest BCUT2D eigenvalue weighted by Crippen LogP contribution is 2.44. The van der Waals surface area contributed by atoms with Crippen molar-refractivity contribution in [2.45, 2.75) is 39.2 Å². The molecule has 0 aliphatic heterocycles. The third-order valence-corrected chi connectivity index (χ3v) is 6.78. The van der Waals surface area contributed by atoms with E-state index in [1.807, 2.05) is 31.2 Å². The van der Waals surface area contributed by atoms with Crippen LogP contribution < -0.4 is 15.4 Å². The number of benzene rings is 1. The van der Waals surface area contributed by atoms with Gasteiger partial charge in [0.1, 0.15) is 34.7 Å². The number of pyridine rings is 2. The third kappa shape index (κ3) is 5.84. The van der Waals surface area contributed by atoms with Crippen LogP contribution in [0.4, 0.5) is 31.8 Å². The van der Waals surface area contributed by atoms with E-state index in [9.17, 15) is 0 Å². The maximum Gasteiger partial charge on any atom is 0.184 e. The molecule has 1 aromatic carbocycles. The number of hydrogen-bond donors (Lipinski definition) is 2. The second-order valence-electron chi connectivity index (χ2n) is 9.77. The van der Waals surface area contributed by atoms with Gasteiger partial charge in [-0.2, -0.15) is 5.10 Å². The number of aromatic nitrogens is 6. The molecule has 4 aromatic heterocycles. The van der Waals surface area contributed by atoms with Gasteiger partial charge in [0.05, 0.1) is 13.2 Å². The van der Waals surface area contributed by atoms with Crippen LogP contribution in [0, 0.1) is 18.6 Å². The van der Waals surface area contributed by atoms with E-state index in [0.717, 1.165) is 35.5 Å². The van der Waals surface area contributed by atoms with Gasteiger partial charge in [-0.15, -0.1) is 0 Å². The highest BCUT2D eigenvalue weighted by atomic mass is 19.1. The Morgan fingerprint density at radius 2 is 1.44 bits per heavy atom. The first-order valence-electron chi connectivity index (χ1n) is 13.4. The fraction of sp³-hybridized carbons (Fsp3) is 0.233. The minimum Gasteiger partial charge on any atom is -0.494 e. The number of nitrogens with one attached hydrogen (secondary N) is 2. The first-order valence-corrected chi connectivity index (χ1v) is 13.4. The zero-order valence-corrected chi connectivity index (χ0v) is 22.6. The van der Waals surface area contributed by atoms with Crippen LogP contribution in [0.25, 0.3) is 11.5 Å². The summed E-state index contributed by atoms with van der Waals surface area (Å²) < 4.78 is 37.0. The van der Waals surface area contributed by atoms with E-state index in [2.05, 4.69) is 20.6 Å². The largest absolute Gasteiger partial charge is 0.494 e. The normalized spacial score (nSPS) is 12.8. The molecule has 0 radical (unpaired) electrons. The summed E-state index contributed by atoms with van der Waals surface area (Å²) >= 11 is 0. The fourth-order valence-electron chi connectivity index (χ4n) is 4.75. The molecule has 0 atom stereocenters. The molecule has 0 unspecified atom stereocenters. The van der Waals surface area contributed by atoms with E-state index in [1.54, 1.807) is 42.5 Å². The molecule has 6 rings (SSSR count). The predicted molar refractivity (Wildman–Crippen MR) is 152 cm³/mol. The standard InChI is InChI=1S/C30H28F2N8O/c1-3-41-22-14-24(31)23(25(32)15-22)17-40-29(19-4-5-19)18(2)28(39-40)30-37-26(35-20-6-10-33-11-7-20)16-27(38-30)36-21-8-12-34-13-9-21/h6-16,19H,3-5,17H2,1-2H3,(H2,33,34,35,36,37,38). The Kier molecular flexibility index (Phi) is 7.24. The highest BCUT2D eigenvalue weighted by Gasteiger charge is 2.32. The van der Waals surface area contributed by atoms with E-state index in [1.165, 1.54) is 12.1 Å². The van der Waals surface area contributed by atoms with Crippen molar-refractivity contribution in [2.24, 2.45) is 0 Å². The number of ether oxygens (including phenoxy) is 1. The second kappa shape index (κ2) is 11.3. The summed E-state index contributed by atoms with van der Waals surface area (Å²) in [5, 5.41) is 11.4. The number of rotatable bonds is 10. The van der Waals surface area contributed by atoms with Gasteiger partial charge in [0.15, 0.2) is 5.82 Å². The molecule has 1 aliphatic rings. The zero-order valence-electron chi connectivity index (χ0n) is 22.6. The lowest BCUT2D eigenvalue weighted by Gasteiger charge is -2.11. The van der Waals surface area contributed by atoms with Crippen molar-refractivity contribution < 1.29 is 13.5 Å². The highest BCUT2D eigenvalue weighted by molar-refractivity contribution is 5.68. The average Bonchev–Trinajstić information content (AvgIpc) is 3.74. The summed E-state index contributed by atoms with van der Waals surface area (Å²) in [5.41, 5.74) is 3.92. The molecule has 41 heavy (non-hydrogen) atoms. The Labute approximate surface area is 235 Å². The predicted octanol–water partition coefficient (Wildman–Crippen LogP) is 6.53. The van der Waals surface area contributed by atoms with Gasteiger partial charge in [-0.25, -0.2) is 18.7 Å². The van der Waals surface area contributed by atoms with E-state index < -0.39 is 11.6 Å². The summed E-state index contributed by atoms with van der Waals surface area (Å²) in [7, 11) is 0. The molecule has 0 amide bonds. The van der Waals surface area contributed by atoms with Gasteiger partial charge in [0, 0.05) is 77.1 Å². The molecule has 5 aromatic rings. The van der Waals surface area contributed by atoms with Crippen LogP contribution in [-0.4, -0.2) is 36.3 Å². The quantitative estimate of drug-likeness (QED) is 0.201. The Balaban J connectivity index is 1.41. The monoisotopic (exact) mass is 554 g/mol. The zero-order chi connectivity index (χ0) is 28.3. The van der Waals surface area contributed by atoms with Crippen molar-refractivity contribution in [2.75, 3.05) is 17.2 Å². The summed E-state index contributed by atoms with van der Waals surface area (Å²) in [4.78, 5) is 17.7. The number of halogens is 2. The first kappa shape index (κ1) is 26.3. The van der Waals surface area contributed by atoms with Crippen molar-refractivity contribution in [1.82, 2.24) is 29.7 Å². The summed E-state index contributed by atoms with van der Waals surface area (Å²) in [6.45, 7) is 3.98. The van der Waals surface area contributed by atoms with Crippen molar-refractivity contribution >= 4 is 23.0 Å². The van der Waals surface area contributed by atoms with Gasteiger partial charge in [-0.1, -0.05) is 0 Å². The van der Waals surface area contributed by atoms with Crippen LogP contribution in [0.5, 0.6) is 5.75 Å². The van der Waals surface area contributed by atoms with E-state index in [0.29, 0.717) is 29.8 Å². The maximum atomic E-state index is 15.0. The van der Waals surface area contributed by atoms with Crippen LogP contribution in [-0.2, 0) is 6.54 Å². The SMILES string of the molecule is CCOc1cc(F)c(Cn2nc(-c3nc(Nc4ccncc4)cc(Nc4ccncc4)n3)c(C)c2C2CC2)c(F)c1. The molecule has 0 bridgehead atoms. The van der Waals surface area contributed by atoms with Gasteiger partial charge in [-0.3, -0.25) is 14.6 Å². The van der Waals surface area contributed by atoms with Gasteiger partial charge in [0.25, 0.3) is 0 Å². The molecule has 4 heterocycles. The molecule has 1 aliphatic carbocycles. The summed E-state index contributed by atoms with van der Waals surface area (Å²) in [6, 6.07) is 11.6. The molecule has 11 heteroatoms. The van der Waals surface area contributed by atoms with E-state index in [-0.39, 0.29) is 23.8 Å². The Hall–Kier alpha value is -4.93. The van der Waals surface area contributed by atoms with Crippen LogP contribution in [0.2, 0.25) is 0 Å². The maximum absolute atomic E-state index is 15.0. The van der Waals surface area contributed by atoms with Gasteiger partial charge in [0.2, 0.25) is 0 Å². The van der Waals surface area contributed by atoms with E-state index in [4.69, 9.17) is 19.8 Å². The number of nitrogens with zero attached hydrogens (tertiary/aromatic N) is 6. The van der Waals surface area contributed by atoms with Crippen molar-refractivity contribution in [1.29, 1.82) is 0 Å². The topological polar surface area (TPSA) is 103 Å². The lowest BCUT2D eigenvalue weighted by molar-refractivity contribution is 0.335. The number of anilines is 4. The van der Waals surface area contributed by atoms with Gasteiger partial charge in [-0.05, 0) is 51.0 Å². The molecule has 208 valence electrons. The molecule has 0 spiro atoms. The van der Waals surface area contributed by atoms with E-state index >= 15 is 8.78 Å². The molecule has 1 fully saturated rings. The van der Waals surface area contributed by atoms with Crippen LogP contribution in [0.15, 0.2) is 67.3 Å². The fourth-order valence-corrected chi connectivity index (χ4v) is 4.75. The van der Waals surface area contributed by atoms with Crippen molar-refractivity contribution in [3.63, 3.8) is 0 Å². The molecule has 2 N–H and O–H groups in total. The van der Waals surface area contributed by atoms with Gasteiger partial charge < -0.3 is 15.4 Å². The minimum absolute atomic E-state index is 0.0617. The Bertz CT molecular complexity index is 1590. The van der Waals surface area contributed by atoms with Crippen LogP contribution in [0.3, 0.4) is 0 Å². The van der Waals surface area contributed by atoms with Crippen molar-refractivity contribution in [3.05, 3.63) is 95.7 Å². The smallest absolute Gasteiger partial charge is 0.184 e. The summed E-state index contributed by atoms with van der Waals surface area (Å²) in [6.07, 6.45) is 8.72. The van der Waals surface area contributed by atoms with Crippen molar-refractivity contribution in [3.8, 4) is 17.3 Å². The molecule has 1 saturated carbocycles. The molecular weight excluding hydrogens is 526 g/mol. The van der Waals surface area contributed by atoms with Gasteiger partial charge >= 0.3 is 0 Å². The minimum atomic E-state index is -0.673. The van der Waals surface area contributed by atoms with Crippen LogP contribution in [0.1, 0.15) is 42.5 Å². The Morgan fingerprint density at radius 3 is 1.95 bits per heavy atom. The second-order valence-corrected chi connectivity index (χ2v) is 9.77. The number of hydrogen-bond acceptors (Lipinski definition) is 8. The Morgan fingerprint density at radius 1 is 0.878 bits per heavy atom. The molecular formula is C30H28F2N8O. The summed E-state index contributed by atoms with van der Waals surface area (Å²) in [5.74, 6) is 0.546. The molecule has 0 saturated heterocycles. The average molecular weight is 555 g/mol. The molecule has 9 nitrogen and oxygen atoms in total. The van der Waals surface area contributed by atoms with Crippen LogP contribution >= 0.6 is 0 Å². The third-order valence-electron chi connectivity index (χ3n) is 6.78. The lowest BCUT2D eigenvalue weighted by Crippen LogP contribution is -2.10. The lowest BCUT2D eigenvalue weighted by atomic mass is 10.1.